The van der Waals surface area contributed by atoms with E-state index in [1.165, 1.54) is 10.6 Å². The largest absolute Gasteiger partial charge is 0.341 e. The van der Waals surface area contributed by atoms with Gasteiger partial charge in [-0.1, -0.05) is 18.2 Å². The zero-order chi connectivity index (χ0) is 22.8. The van der Waals surface area contributed by atoms with Crippen LogP contribution in [0.1, 0.15) is 46.1 Å². The highest BCUT2D eigenvalue weighted by atomic mass is 32.2. The van der Waals surface area contributed by atoms with Crippen LogP contribution in [0.2, 0.25) is 0 Å². The third kappa shape index (κ3) is 3.61. The van der Waals surface area contributed by atoms with Crippen molar-refractivity contribution in [2.45, 2.75) is 57.2 Å². The molecule has 3 aliphatic heterocycles. The van der Waals surface area contributed by atoms with E-state index in [1.807, 2.05) is 56.9 Å². The molecule has 1 aromatic carbocycles. The molecule has 8 nitrogen and oxygen atoms in total. The minimum absolute atomic E-state index is 0.0430. The van der Waals surface area contributed by atoms with Gasteiger partial charge in [-0.25, -0.2) is 8.42 Å². The average molecular weight is 449 g/mol. The summed E-state index contributed by atoms with van der Waals surface area (Å²) in [5, 5.41) is 3.29. The van der Waals surface area contributed by atoms with Crippen LogP contribution in [0.25, 0.3) is 0 Å². The maximum atomic E-state index is 13.1. The van der Waals surface area contributed by atoms with Crippen molar-refractivity contribution in [3.05, 3.63) is 29.8 Å². The quantitative estimate of drug-likeness (QED) is 0.752. The van der Waals surface area contributed by atoms with E-state index in [-0.39, 0.29) is 23.8 Å². The monoisotopic (exact) mass is 448 g/mol. The number of anilines is 1. The number of rotatable bonds is 3. The lowest BCUT2D eigenvalue weighted by Gasteiger charge is -2.41. The Kier molecular flexibility index (Phi) is 4.94. The number of hydrogen-bond donors (Lipinski definition) is 1. The molecule has 2 fully saturated rings. The second kappa shape index (κ2) is 6.93. The molecule has 1 aromatic rings. The Labute approximate surface area is 184 Å². The van der Waals surface area contributed by atoms with Crippen molar-refractivity contribution in [3.63, 3.8) is 0 Å². The van der Waals surface area contributed by atoms with Crippen LogP contribution in [-0.4, -0.2) is 73.7 Å². The Hall–Kier alpha value is -2.13. The third-order valence-electron chi connectivity index (χ3n) is 7.03. The number of para-hydroxylation sites is 1. The van der Waals surface area contributed by atoms with Gasteiger partial charge in [0.1, 0.15) is 6.54 Å². The summed E-state index contributed by atoms with van der Waals surface area (Å²) in [4.78, 5) is 29.3. The molecule has 2 amide bonds. The Morgan fingerprint density at radius 1 is 1.10 bits per heavy atom. The maximum absolute atomic E-state index is 13.1. The summed E-state index contributed by atoms with van der Waals surface area (Å²) in [5.41, 5.74) is 0.242. The molecule has 2 saturated heterocycles. The molecule has 0 aromatic heterocycles. The zero-order valence-electron chi connectivity index (χ0n) is 18.9. The molecule has 0 unspecified atom stereocenters. The highest BCUT2D eigenvalue weighted by molar-refractivity contribution is 7.92. The first-order chi connectivity index (χ1) is 14.3. The van der Waals surface area contributed by atoms with Crippen molar-refractivity contribution in [3.8, 4) is 0 Å². The summed E-state index contributed by atoms with van der Waals surface area (Å²) in [6.45, 7) is 9.04. The molecule has 0 saturated carbocycles. The van der Waals surface area contributed by atoms with Gasteiger partial charge in [0.2, 0.25) is 21.8 Å². The van der Waals surface area contributed by atoms with Gasteiger partial charge in [0, 0.05) is 25.0 Å². The van der Waals surface area contributed by atoms with Gasteiger partial charge in [-0.15, -0.1) is 0 Å². The molecule has 3 heterocycles. The summed E-state index contributed by atoms with van der Waals surface area (Å²) >= 11 is 0. The molecule has 1 N–H and O–H groups in total. The highest BCUT2D eigenvalue weighted by Gasteiger charge is 2.51. The first kappa shape index (κ1) is 22.1. The standard InChI is InChI=1S/C22H32N4O4S/c1-20(2)19(28)25(21(3,4)23-20)14-18(27)24-12-10-22(11-13-24)15-26(31(5,29)30)17-9-7-6-8-16(17)22/h6-9,23H,10-15H2,1-5H3. The van der Waals surface area contributed by atoms with Crippen molar-refractivity contribution in [1.29, 1.82) is 0 Å². The van der Waals surface area contributed by atoms with E-state index >= 15 is 0 Å². The summed E-state index contributed by atoms with van der Waals surface area (Å²) in [5.74, 6) is -0.144. The molecule has 3 aliphatic rings. The molecular formula is C22H32N4O4S. The fourth-order valence-electron chi connectivity index (χ4n) is 5.47. The van der Waals surface area contributed by atoms with Gasteiger partial charge in [-0.2, -0.15) is 0 Å². The number of sulfonamides is 1. The Bertz CT molecular complexity index is 1030. The first-order valence-electron chi connectivity index (χ1n) is 10.7. The van der Waals surface area contributed by atoms with Crippen molar-refractivity contribution >= 4 is 27.5 Å². The first-order valence-corrected chi connectivity index (χ1v) is 12.6. The number of fused-ring (bicyclic) bond motifs is 2. The Morgan fingerprint density at radius 2 is 1.71 bits per heavy atom. The number of likely N-dealkylation sites (tertiary alicyclic amines) is 1. The molecule has 0 atom stereocenters. The smallest absolute Gasteiger partial charge is 0.244 e. The number of benzene rings is 1. The molecule has 1 spiro atoms. The van der Waals surface area contributed by atoms with Gasteiger partial charge in [0.15, 0.2) is 0 Å². The predicted octanol–water partition coefficient (Wildman–Crippen LogP) is 1.27. The van der Waals surface area contributed by atoms with E-state index < -0.39 is 21.2 Å². The minimum Gasteiger partial charge on any atom is -0.341 e. The van der Waals surface area contributed by atoms with Crippen LogP contribution in [0.4, 0.5) is 5.69 Å². The molecular weight excluding hydrogens is 416 g/mol. The number of piperidine rings is 1. The zero-order valence-corrected chi connectivity index (χ0v) is 19.8. The van der Waals surface area contributed by atoms with Crippen LogP contribution >= 0.6 is 0 Å². The van der Waals surface area contributed by atoms with E-state index in [0.717, 1.165) is 11.3 Å². The second-order valence-corrected chi connectivity index (χ2v) is 12.1. The van der Waals surface area contributed by atoms with Crippen LogP contribution in [0.5, 0.6) is 0 Å². The van der Waals surface area contributed by atoms with Gasteiger partial charge >= 0.3 is 0 Å². The summed E-state index contributed by atoms with van der Waals surface area (Å²) in [6, 6.07) is 7.67. The lowest BCUT2D eigenvalue weighted by molar-refractivity contribution is -0.143. The lowest BCUT2D eigenvalue weighted by Crippen LogP contribution is -2.54. The van der Waals surface area contributed by atoms with Gasteiger partial charge in [-0.05, 0) is 52.2 Å². The van der Waals surface area contributed by atoms with Gasteiger partial charge in [0.05, 0.1) is 23.1 Å². The number of carbonyl (C=O) groups is 2. The third-order valence-corrected chi connectivity index (χ3v) is 8.16. The van der Waals surface area contributed by atoms with E-state index in [1.54, 1.807) is 4.90 Å². The van der Waals surface area contributed by atoms with Crippen LogP contribution in [0.3, 0.4) is 0 Å². The van der Waals surface area contributed by atoms with Crippen LogP contribution in [0.15, 0.2) is 24.3 Å². The van der Waals surface area contributed by atoms with Gasteiger partial charge in [-0.3, -0.25) is 19.2 Å². The molecule has 0 radical (unpaired) electrons. The molecule has 4 rings (SSSR count). The molecule has 0 bridgehead atoms. The number of hydrogen-bond acceptors (Lipinski definition) is 5. The molecule has 0 aliphatic carbocycles. The second-order valence-electron chi connectivity index (χ2n) is 10.1. The number of carbonyl (C=O) groups excluding carboxylic acids is 2. The normalized spacial score (nSPS) is 24.0. The van der Waals surface area contributed by atoms with E-state index in [4.69, 9.17) is 0 Å². The number of nitrogens with zero attached hydrogens (tertiary/aromatic N) is 3. The van der Waals surface area contributed by atoms with Crippen molar-refractivity contribution in [2.24, 2.45) is 0 Å². The van der Waals surface area contributed by atoms with Crippen molar-refractivity contribution < 1.29 is 18.0 Å². The topological polar surface area (TPSA) is 90.0 Å². The number of nitrogens with one attached hydrogen (secondary N) is 1. The minimum atomic E-state index is -3.37. The summed E-state index contributed by atoms with van der Waals surface area (Å²) < 4.78 is 26.2. The van der Waals surface area contributed by atoms with Crippen LogP contribution in [-0.2, 0) is 25.0 Å². The van der Waals surface area contributed by atoms with Crippen molar-refractivity contribution in [2.75, 3.05) is 36.7 Å². The van der Waals surface area contributed by atoms with Crippen LogP contribution in [0, 0.1) is 0 Å². The SMILES string of the molecule is CC1(C)NC(C)(C)N(CC(=O)N2CCC3(CC2)CN(S(C)(=O)=O)c2ccccc23)C1=O. The summed E-state index contributed by atoms with van der Waals surface area (Å²) in [6.07, 6.45) is 2.64. The van der Waals surface area contributed by atoms with Gasteiger partial charge in [0.25, 0.3) is 0 Å². The van der Waals surface area contributed by atoms with E-state index in [0.29, 0.717) is 32.5 Å². The van der Waals surface area contributed by atoms with Crippen LogP contribution < -0.4 is 9.62 Å². The predicted molar refractivity (Wildman–Crippen MR) is 119 cm³/mol. The average Bonchev–Trinajstić information content (AvgIpc) is 3.07. The Balaban J connectivity index is 1.48. The maximum Gasteiger partial charge on any atom is 0.244 e. The summed E-state index contributed by atoms with van der Waals surface area (Å²) in [7, 11) is -3.37. The van der Waals surface area contributed by atoms with E-state index in [2.05, 4.69) is 5.32 Å². The van der Waals surface area contributed by atoms with Crippen molar-refractivity contribution in [1.82, 2.24) is 15.1 Å². The fraction of sp³-hybridized carbons (Fsp3) is 0.636. The Morgan fingerprint density at radius 3 is 2.26 bits per heavy atom. The van der Waals surface area contributed by atoms with E-state index in [9.17, 15) is 18.0 Å². The molecule has 31 heavy (non-hydrogen) atoms. The molecule has 170 valence electrons. The number of amides is 2. The fourth-order valence-corrected chi connectivity index (χ4v) is 6.47. The molecule has 9 heteroatoms. The highest BCUT2D eigenvalue weighted by Crippen LogP contribution is 2.47. The van der Waals surface area contributed by atoms with Gasteiger partial charge < -0.3 is 9.80 Å². The lowest BCUT2D eigenvalue weighted by atomic mass is 9.74.